The van der Waals surface area contributed by atoms with E-state index < -0.39 is 12.0 Å². The van der Waals surface area contributed by atoms with Gasteiger partial charge in [-0.3, -0.25) is 0 Å². The fraction of sp³-hybridized carbons (Fsp3) is 1.00. The number of nitrogens with one attached hydrogen (secondary N) is 1. The van der Waals surface area contributed by atoms with Crippen LogP contribution in [0, 0.1) is 5.92 Å². The van der Waals surface area contributed by atoms with Crippen molar-refractivity contribution in [2.24, 2.45) is 5.92 Å². The molecule has 0 heterocycles. The maximum Gasteiger partial charge on any atom is 0.267 e. The molecule has 1 aliphatic rings. The lowest BCUT2D eigenvalue weighted by Gasteiger charge is -2.31. The molecule has 0 aromatic rings. The summed E-state index contributed by atoms with van der Waals surface area (Å²) in [7, 11) is 0. The van der Waals surface area contributed by atoms with Crippen molar-refractivity contribution < 1.29 is 19.0 Å². The van der Waals surface area contributed by atoms with Crippen molar-refractivity contribution in [3.05, 3.63) is 0 Å². The van der Waals surface area contributed by atoms with Gasteiger partial charge in [0.1, 0.15) is 5.60 Å². The van der Waals surface area contributed by atoms with Crippen molar-refractivity contribution in [2.45, 2.75) is 50.7 Å². The minimum atomic E-state index is -2.73. The monoisotopic (exact) mass is 237 g/mol. The van der Waals surface area contributed by atoms with E-state index >= 15 is 0 Å². The van der Waals surface area contributed by atoms with E-state index in [4.69, 9.17) is 5.11 Å². The van der Waals surface area contributed by atoms with Crippen molar-refractivity contribution >= 4 is 0 Å². The third-order valence-electron chi connectivity index (χ3n) is 3.32. The maximum atomic E-state index is 12.4. The average Bonchev–Trinajstić information content (AvgIpc) is 2.27. The summed E-state index contributed by atoms with van der Waals surface area (Å²) in [6.45, 7) is 1.27. The van der Waals surface area contributed by atoms with Gasteiger partial charge in [0.2, 0.25) is 0 Å². The quantitative estimate of drug-likeness (QED) is 0.672. The fourth-order valence-corrected chi connectivity index (χ4v) is 1.98. The molecule has 0 radical (unpaired) electrons. The molecule has 0 aromatic carbocycles. The predicted octanol–water partition coefficient (Wildman–Crippen LogP) is 1.14. The molecule has 0 amide bonds. The molecular formula is C11H21F2NO2. The molecule has 1 fully saturated rings. The first-order valence-corrected chi connectivity index (χ1v) is 5.80. The number of aliphatic hydroxyl groups excluding tert-OH is 1. The first kappa shape index (κ1) is 13.8. The highest BCUT2D eigenvalue weighted by molar-refractivity contribution is 4.83. The van der Waals surface area contributed by atoms with E-state index in [9.17, 15) is 13.9 Å². The Morgan fingerprint density at radius 1 is 1.31 bits per heavy atom. The Balaban J connectivity index is 2.24. The molecule has 3 N–H and O–H groups in total. The summed E-state index contributed by atoms with van der Waals surface area (Å²) in [5.41, 5.74) is -1.95. The Bertz CT molecular complexity index is 204. The van der Waals surface area contributed by atoms with E-state index in [-0.39, 0.29) is 19.2 Å². The number of aliphatic hydroxyl groups is 2. The van der Waals surface area contributed by atoms with Gasteiger partial charge in [0.25, 0.3) is 6.43 Å². The predicted molar refractivity (Wildman–Crippen MR) is 57.5 cm³/mol. The zero-order valence-corrected chi connectivity index (χ0v) is 9.63. The standard InChI is InChI=1S/C11H21F2NO2/c1-11(16,10(12)13)7-14-9-4-2-8(6-15)3-5-9/h8-10,14-16H,2-7H2,1H3. The lowest BCUT2D eigenvalue weighted by molar-refractivity contribution is -0.0825. The van der Waals surface area contributed by atoms with Gasteiger partial charge >= 0.3 is 0 Å². The lowest BCUT2D eigenvalue weighted by Crippen LogP contribution is -2.48. The van der Waals surface area contributed by atoms with Crippen molar-refractivity contribution in [2.75, 3.05) is 13.2 Å². The van der Waals surface area contributed by atoms with Gasteiger partial charge in [-0.2, -0.15) is 0 Å². The molecule has 0 aliphatic heterocycles. The first-order chi connectivity index (χ1) is 7.45. The second kappa shape index (κ2) is 5.89. The number of hydrogen-bond donors (Lipinski definition) is 3. The van der Waals surface area contributed by atoms with Crippen molar-refractivity contribution in [3.63, 3.8) is 0 Å². The smallest absolute Gasteiger partial charge is 0.267 e. The van der Waals surface area contributed by atoms with Crippen LogP contribution in [0.3, 0.4) is 0 Å². The van der Waals surface area contributed by atoms with Crippen molar-refractivity contribution in [1.82, 2.24) is 5.32 Å². The third kappa shape index (κ3) is 3.96. The normalized spacial score (nSPS) is 30.4. The molecule has 1 aliphatic carbocycles. The minimum absolute atomic E-state index is 0.0842. The number of alkyl halides is 2. The van der Waals surface area contributed by atoms with E-state index in [1.165, 1.54) is 0 Å². The van der Waals surface area contributed by atoms with Gasteiger partial charge in [-0.1, -0.05) is 0 Å². The van der Waals surface area contributed by atoms with E-state index in [2.05, 4.69) is 5.32 Å². The molecule has 1 rings (SSSR count). The van der Waals surface area contributed by atoms with E-state index in [1.54, 1.807) is 0 Å². The molecule has 0 bridgehead atoms. The Hall–Kier alpha value is -0.260. The van der Waals surface area contributed by atoms with Crippen molar-refractivity contribution in [1.29, 1.82) is 0 Å². The Morgan fingerprint density at radius 2 is 1.88 bits per heavy atom. The second-order valence-corrected chi connectivity index (χ2v) is 4.94. The largest absolute Gasteiger partial charge is 0.396 e. The van der Waals surface area contributed by atoms with Crippen LogP contribution < -0.4 is 5.32 Å². The molecule has 0 saturated heterocycles. The maximum absolute atomic E-state index is 12.4. The van der Waals surface area contributed by atoms with Crippen LogP contribution in [0.25, 0.3) is 0 Å². The summed E-state index contributed by atoms with van der Waals surface area (Å²) in [6, 6.07) is 0.188. The van der Waals surface area contributed by atoms with Crippen molar-refractivity contribution in [3.8, 4) is 0 Å². The molecule has 0 spiro atoms. The average molecular weight is 237 g/mol. The third-order valence-corrected chi connectivity index (χ3v) is 3.32. The summed E-state index contributed by atoms with van der Waals surface area (Å²) >= 11 is 0. The van der Waals surface area contributed by atoms with Crippen LogP contribution in [0.5, 0.6) is 0 Å². The van der Waals surface area contributed by atoms with E-state index in [1.807, 2.05) is 0 Å². The lowest BCUT2D eigenvalue weighted by atomic mass is 9.86. The van der Waals surface area contributed by atoms with E-state index in [0.29, 0.717) is 5.92 Å². The fourth-order valence-electron chi connectivity index (χ4n) is 1.98. The summed E-state index contributed by atoms with van der Waals surface area (Å²) in [4.78, 5) is 0. The number of hydrogen-bond acceptors (Lipinski definition) is 3. The highest BCUT2D eigenvalue weighted by Gasteiger charge is 2.33. The molecule has 3 nitrogen and oxygen atoms in total. The van der Waals surface area contributed by atoms with Gasteiger partial charge in [0.05, 0.1) is 0 Å². The van der Waals surface area contributed by atoms with Crippen LogP contribution in [-0.4, -0.2) is 41.4 Å². The summed E-state index contributed by atoms with van der Waals surface area (Å²) in [5.74, 6) is 0.355. The van der Waals surface area contributed by atoms with E-state index in [0.717, 1.165) is 32.6 Å². The molecule has 96 valence electrons. The van der Waals surface area contributed by atoms with Gasteiger partial charge in [0.15, 0.2) is 0 Å². The molecule has 1 atom stereocenters. The summed E-state index contributed by atoms with van der Waals surface area (Å²) in [5, 5.41) is 21.3. The van der Waals surface area contributed by atoms with Crippen LogP contribution in [0.15, 0.2) is 0 Å². The summed E-state index contributed by atoms with van der Waals surface area (Å²) < 4.78 is 24.7. The van der Waals surface area contributed by atoms with Crippen LogP contribution in [0.1, 0.15) is 32.6 Å². The van der Waals surface area contributed by atoms with Crippen LogP contribution in [0.2, 0.25) is 0 Å². The number of rotatable bonds is 5. The second-order valence-electron chi connectivity index (χ2n) is 4.94. The molecule has 5 heteroatoms. The SMILES string of the molecule is CC(O)(CNC1CCC(CO)CC1)C(F)F. The minimum Gasteiger partial charge on any atom is -0.396 e. The van der Waals surface area contributed by atoms with Crippen LogP contribution in [0.4, 0.5) is 8.78 Å². The summed E-state index contributed by atoms with van der Waals surface area (Å²) in [6.07, 6.45) is 0.874. The van der Waals surface area contributed by atoms with Crippen LogP contribution >= 0.6 is 0 Å². The van der Waals surface area contributed by atoms with Gasteiger partial charge < -0.3 is 15.5 Å². The number of halogens is 2. The topological polar surface area (TPSA) is 52.5 Å². The van der Waals surface area contributed by atoms with Gasteiger partial charge in [-0.25, -0.2) is 8.78 Å². The van der Waals surface area contributed by atoms with Gasteiger partial charge in [-0.05, 0) is 38.5 Å². The molecule has 16 heavy (non-hydrogen) atoms. The van der Waals surface area contributed by atoms with Gasteiger partial charge in [0, 0.05) is 19.2 Å². The molecule has 0 aromatic heterocycles. The highest BCUT2D eigenvalue weighted by Crippen LogP contribution is 2.24. The molecule has 1 unspecified atom stereocenters. The first-order valence-electron chi connectivity index (χ1n) is 5.80. The van der Waals surface area contributed by atoms with Crippen LogP contribution in [-0.2, 0) is 0 Å². The molecular weight excluding hydrogens is 216 g/mol. The Kier molecular flexibility index (Phi) is 5.08. The molecule has 1 saturated carbocycles. The Morgan fingerprint density at radius 3 is 2.31 bits per heavy atom. The highest BCUT2D eigenvalue weighted by atomic mass is 19.3. The zero-order valence-electron chi connectivity index (χ0n) is 9.63. The zero-order chi connectivity index (χ0) is 12.2. The Labute approximate surface area is 94.9 Å². The van der Waals surface area contributed by atoms with Gasteiger partial charge in [-0.15, -0.1) is 0 Å².